The number of hydrogen-bond acceptors (Lipinski definition) is 2. The van der Waals surface area contributed by atoms with Gasteiger partial charge in [0.25, 0.3) is 0 Å². The lowest BCUT2D eigenvalue weighted by molar-refractivity contribution is 0.290. The molecule has 1 N–H and O–H groups in total. The topological polar surface area (TPSA) is 15.3 Å². The van der Waals surface area contributed by atoms with Gasteiger partial charge in [-0.15, -0.1) is 0 Å². The summed E-state index contributed by atoms with van der Waals surface area (Å²) >= 11 is 3.72. The van der Waals surface area contributed by atoms with E-state index in [1.807, 2.05) is 0 Å². The molecule has 1 aliphatic rings. The van der Waals surface area contributed by atoms with Crippen LogP contribution in [0.5, 0.6) is 0 Å². The summed E-state index contributed by atoms with van der Waals surface area (Å²) in [7, 11) is 0. The number of rotatable bonds is 6. The number of hydrogen-bond donors (Lipinski definition) is 1. The minimum Gasteiger partial charge on any atom is -0.312 e. The summed E-state index contributed by atoms with van der Waals surface area (Å²) in [6, 6.07) is 6.75. The number of halogens is 1. The Bertz CT molecular complexity index is 454. The van der Waals surface area contributed by atoms with Crippen LogP contribution in [0.1, 0.15) is 31.4 Å². The van der Waals surface area contributed by atoms with Crippen molar-refractivity contribution in [2.75, 3.05) is 19.6 Å². The van der Waals surface area contributed by atoms with Crippen LogP contribution in [0.3, 0.4) is 0 Å². The number of benzene rings is 1. The molecule has 0 bridgehead atoms. The van der Waals surface area contributed by atoms with E-state index in [1.54, 1.807) is 0 Å². The highest BCUT2D eigenvalue weighted by Gasteiger charge is 2.09. The van der Waals surface area contributed by atoms with E-state index in [9.17, 15) is 0 Å². The van der Waals surface area contributed by atoms with Crippen LogP contribution in [0.15, 0.2) is 34.8 Å². The van der Waals surface area contributed by atoms with Crippen LogP contribution < -0.4 is 5.32 Å². The SMILES string of the molecule is CC(C)CNCc1ccc(CN2CC=CCC2)c(Br)c1. The van der Waals surface area contributed by atoms with Crippen molar-refractivity contribution < 1.29 is 0 Å². The van der Waals surface area contributed by atoms with Gasteiger partial charge in [0.15, 0.2) is 0 Å². The molecule has 3 heteroatoms. The zero-order valence-electron chi connectivity index (χ0n) is 12.5. The average Bonchev–Trinajstić information content (AvgIpc) is 2.42. The Hall–Kier alpha value is -0.640. The van der Waals surface area contributed by atoms with Crippen molar-refractivity contribution in [3.8, 4) is 0 Å². The van der Waals surface area contributed by atoms with Crippen LogP contribution in [0.25, 0.3) is 0 Å². The number of nitrogens with zero attached hydrogens (tertiary/aromatic N) is 1. The van der Waals surface area contributed by atoms with Gasteiger partial charge in [-0.3, -0.25) is 4.90 Å². The second-order valence-corrected chi connectivity index (χ2v) is 6.80. The molecule has 0 atom stereocenters. The minimum atomic E-state index is 0.699. The summed E-state index contributed by atoms with van der Waals surface area (Å²) in [6.07, 6.45) is 5.71. The van der Waals surface area contributed by atoms with E-state index in [0.717, 1.165) is 26.2 Å². The molecule has 0 unspecified atom stereocenters. The van der Waals surface area contributed by atoms with E-state index >= 15 is 0 Å². The predicted molar refractivity (Wildman–Crippen MR) is 89.7 cm³/mol. The molecule has 0 amide bonds. The molecule has 110 valence electrons. The summed E-state index contributed by atoms with van der Waals surface area (Å²) in [6.45, 7) is 9.76. The molecule has 2 rings (SSSR count). The Balaban J connectivity index is 1.90. The van der Waals surface area contributed by atoms with Gasteiger partial charge in [0.1, 0.15) is 0 Å². The standard InChI is InChI=1S/C17H25BrN2/c1-14(2)11-19-12-15-6-7-16(17(18)10-15)13-20-8-4-3-5-9-20/h3-4,6-7,10,14,19H,5,8-9,11-13H2,1-2H3. The summed E-state index contributed by atoms with van der Waals surface area (Å²) in [4.78, 5) is 2.48. The molecule has 1 aliphatic heterocycles. The molecule has 2 nitrogen and oxygen atoms in total. The Morgan fingerprint density at radius 1 is 1.30 bits per heavy atom. The van der Waals surface area contributed by atoms with Gasteiger partial charge in [-0.1, -0.05) is 54.1 Å². The number of nitrogens with one attached hydrogen (secondary N) is 1. The summed E-state index contributed by atoms with van der Waals surface area (Å²) in [5, 5.41) is 3.49. The van der Waals surface area contributed by atoms with E-state index in [0.29, 0.717) is 5.92 Å². The van der Waals surface area contributed by atoms with E-state index in [1.165, 1.54) is 28.6 Å². The first kappa shape index (κ1) is 15.7. The van der Waals surface area contributed by atoms with Crippen LogP contribution in [0.4, 0.5) is 0 Å². The van der Waals surface area contributed by atoms with Crippen molar-refractivity contribution in [2.45, 2.75) is 33.4 Å². The first-order valence-electron chi connectivity index (χ1n) is 7.50. The maximum atomic E-state index is 3.72. The van der Waals surface area contributed by atoms with E-state index in [2.05, 4.69) is 70.3 Å². The van der Waals surface area contributed by atoms with Gasteiger partial charge in [0, 0.05) is 30.7 Å². The molecule has 0 spiro atoms. The minimum absolute atomic E-state index is 0.699. The zero-order valence-corrected chi connectivity index (χ0v) is 14.1. The van der Waals surface area contributed by atoms with Crippen LogP contribution >= 0.6 is 15.9 Å². The van der Waals surface area contributed by atoms with Gasteiger partial charge in [-0.05, 0) is 36.1 Å². The molecular formula is C17H25BrN2. The van der Waals surface area contributed by atoms with Crippen LogP contribution in [-0.2, 0) is 13.1 Å². The smallest absolute Gasteiger partial charge is 0.0248 e. The maximum absolute atomic E-state index is 3.72. The van der Waals surface area contributed by atoms with Gasteiger partial charge >= 0.3 is 0 Å². The van der Waals surface area contributed by atoms with Gasteiger partial charge in [-0.25, -0.2) is 0 Å². The monoisotopic (exact) mass is 336 g/mol. The molecule has 0 aromatic heterocycles. The quantitative estimate of drug-likeness (QED) is 0.791. The molecule has 0 aliphatic carbocycles. The third-order valence-electron chi connectivity index (χ3n) is 3.54. The molecule has 1 aromatic rings. The molecule has 0 radical (unpaired) electrons. The Kier molecular flexibility index (Phi) is 6.27. The van der Waals surface area contributed by atoms with Crippen molar-refractivity contribution in [3.63, 3.8) is 0 Å². The third kappa shape index (κ3) is 5.04. The predicted octanol–water partition coefficient (Wildman–Crippen LogP) is 3.96. The highest BCUT2D eigenvalue weighted by molar-refractivity contribution is 9.10. The summed E-state index contributed by atoms with van der Waals surface area (Å²) in [5.41, 5.74) is 2.73. The summed E-state index contributed by atoms with van der Waals surface area (Å²) in [5.74, 6) is 0.699. The normalized spacial score (nSPS) is 16.0. The Morgan fingerprint density at radius 2 is 2.15 bits per heavy atom. The second-order valence-electron chi connectivity index (χ2n) is 5.95. The van der Waals surface area contributed by atoms with E-state index in [4.69, 9.17) is 0 Å². The van der Waals surface area contributed by atoms with Crippen molar-refractivity contribution in [3.05, 3.63) is 46.0 Å². The summed E-state index contributed by atoms with van der Waals surface area (Å²) < 4.78 is 1.23. The molecule has 0 fully saturated rings. The molecule has 1 aromatic carbocycles. The van der Waals surface area contributed by atoms with Gasteiger partial charge in [0.05, 0.1) is 0 Å². The molecule has 0 saturated heterocycles. The zero-order chi connectivity index (χ0) is 14.4. The van der Waals surface area contributed by atoms with Crippen LogP contribution in [-0.4, -0.2) is 24.5 Å². The average molecular weight is 337 g/mol. The Labute approximate surface area is 131 Å². The second kappa shape index (κ2) is 7.96. The fraction of sp³-hybridized carbons (Fsp3) is 0.529. The third-order valence-corrected chi connectivity index (χ3v) is 4.27. The lowest BCUT2D eigenvalue weighted by Crippen LogP contribution is -2.26. The lowest BCUT2D eigenvalue weighted by Gasteiger charge is -2.23. The van der Waals surface area contributed by atoms with Crippen molar-refractivity contribution in [1.29, 1.82) is 0 Å². The van der Waals surface area contributed by atoms with Gasteiger partial charge in [-0.2, -0.15) is 0 Å². The highest BCUT2D eigenvalue weighted by Crippen LogP contribution is 2.21. The van der Waals surface area contributed by atoms with Crippen molar-refractivity contribution in [1.82, 2.24) is 10.2 Å². The molecular weight excluding hydrogens is 312 g/mol. The van der Waals surface area contributed by atoms with Crippen molar-refractivity contribution >= 4 is 15.9 Å². The first-order chi connectivity index (χ1) is 9.65. The van der Waals surface area contributed by atoms with E-state index < -0.39 is 0 Å². The Morgan fingerprint density at radius 3 is 2.80 bits per heavy atom. The van der Waals surface area contributed by atoms with Crippen molar-refractivity contribution in [2.24, 2.45) is 5.92 Å². The lowest BCUT2D eigenvalue weighted by atomic mass is 10.1. The highest BCUT2D eigenvalue weighted by atomic mass is 79.9. The maximum Gasteiger partial charge on any atom is 0.0248 e. The molecule has 1 heterocycles. The van der Waals surface area contributed by atoms with E-state index in [-0.39, 0.29) is 0 Å². The molecule has 0 saturated carbocycles. The van der Waals surface area contributed by atoms with Gasteiger partial charge < -0.3 is 5.32 Å². The fourth-order valence-corrected chi connectivity index (χ4v) is 2.96. The van der Waals surface area contributed by atoms with Gasteiger partial charge in [0.2, 0.25) is 0 Å². The fourth-order valence-electron chi connectivity index (χ4n) is 2.41. The molecule has 20 heavy (non-hydrogen) atoms. The van der Waals surface area contributed by atoms with Crippen LogP contribution in [0.2, 0.25) is 0 Å². The first-order valence-corrected chi connectivity index (χ1v) is 8.30. The largest absolute Gasteiger partial charge is 0.312 e. The van der Waals surface area contributed by atoms with Crippen LogP contribution in [0, 0.1) is 5.92 Å².